The third-order valence-corrected chi connectivity index (χ3v) is 3.22. The molecule has 1 rings (SSSR count). The van der Waals surface area contributed by atoms with E-state index in [1.54, 1.807) is 11.8 Å². The van der Waals surface area contributed by atoms with E-state index in [4.69, 9.17) is 0 Å². The maximum absolute atomic E-state index is 11.9. The van der Waals surface area contributed by atoms with Crippen LogP contribution < -0.4 is 10.6 Å². The van der Waals surface area contributed by atoms with E-state index in [2.05, 4.69) is 23.8 Å². The number of para-hydroxylation sites is 1. The number of carbonyl (C=O) groups excluding carboxylic acids is 1. The molecular formula is C13H20N2OS. The minimum atomic E-state index is -0.183. The molecule has 0 radical (unpaired) electrons. The number of benzene rings is 1. The van der Waals surface area contributed by atoms with E-state index < -0.39 is 0 Å². The van der Waals surface area contributed by atoms with Gasteiger partial charge in [-0.25, -0.2) is 0 Å². The second-order valence-electron chi connectivity index (χ2n) is 4.10. The molecule has 0 heterocycles. The van der Waals surface area contributed by atoms with Crippen molar-refractivity contribution in [2.24, 2.45) is 0 Å². The quantitative estimate of drug-likeness (QED) is 0.816. The molecule has 1 amide bonds. The van der Waals surface area contributed by atoms with Crippen LogP contribution in [0.1, 0.15) is 13.8 Å². The Labute approximate surface area is 107 Å². The van der Waals surface area contributed by atoms with Gasteiger partial charge in [-0.3, -0.25) is 4.79 Å². The van der Waals surface area contributed by atoms with Gasteiger partial charge >= 0.3 is 0 Å². The Balaban J connectivity index is 2.42. The van der Waals surface area contributed by atoms with Crippen molar-refractivity contribution < 1.29 is 4.79 Å². The molecule has 0 fully saturated rings. The average Bonchev–Trinajstić information content (AvgIpc) is 2.30. The van der Waals surface area contributed by atoms with Crippen LogP contribution in [0.3, 0.4) is 0 Å². The first-order valence-electron chi connectivity index (χ1n) is 5.74. The Hall–Kier alpha value is -1.00. The molecular weight excluding hydrogens is 232 g/mol. The van der Waals surface area contributed by atoms with Crippen LogP contribution in [-0.4, -0.2) is 30.0 Å². The molecule has 17 heavy (non-hydrogen) atoms. The van der Waals surface area contributed by atoms with Crippen LogP contribution in [0.5, 0.6) is 0 Å². The van der Waals surface area contributed by atoms with Crippen molar-refractivity contribution in [3.8, 4) is 0 Å². The Kier molecular flexibility index (Phi) is 6.08. The number of amides is 1. The summed E-state index contributed by atoms with van der Waals surface area (Å²) in [6.07, 6.45) is 2.06. The van der Waals surface area contributed by atoms with Gasteiger partial charge in [-0.1, -0.05) is 18.2 Å². The fraction of sp³-hybridized carbons (Fsp3) is 0.462. The van der Waals surface area contributed by atoms with Crippen LogP contribution in [0.2, 0.25) is 0 Å². The Morgan fingerprint density at radius 2 is 1.94 bits per heavy atom. The number of rotatable bonds is 6. The SMILES string of the molecule is CSCC(C)NC(C)C(=O)Nc1ccccc1. The molecule has 1 aromatic rings. The first kappa shape index (κ1) is 14.1. The molecule has 2 N–H and O–H groups in total. The lowest BCUT2D eigenvalue weighted by Crippen LogP contribution is -2.43. The molecule has 0 saturated heterocycles. The monoisotopic (exact) mass is 252 g/mol. The van der Waals surface area contributed by atoms with Gasteiger partial charge in [-0.2, -0.15) is 11.8 Å². The predicted octanol–water partition coefficient (Wildman–Crippen LogP) is 2.35. The number of anilines is 1. The maximum atomic E-state index is 11.9. The van der Waals surface area contributed by atoms with Crippen molar-refractivity contribution in [1.82, 2.24) is 5.32 Å². The van der Waals surface area contributed by atoms with Gasteiger partial charge in [-0.05, 0) is 32.2 Å². The number of carbonyl (C=O) groups is 1. The normalized spacial score (nSPS) is 14.1. The summed E-state index contributed by atoms with van der Waals surface area (Å²) in [6, 6.07) is 9.66. The van der Waals surface area contributed by atoms with Crippen LogP contribution >= 0.6 is 11.8 Å². The minimum absolute atomic E-state index is 0.00385. The Bertz CT molecular complexity index is 343. The fourth-order valence-corrected chi connectivity index (χ4v) is 2.17. The van der Waals surface area contributed by atoms with Crippen LogP contribution in [0.4, 0.5) is 5.69 Å². The number of hydrogen-bond acceptors (Lipinski definition) is 3. The molecule has 0 aliphatic heterocycles. The molecule has 0 aromatic heterocycles. The summed E-state index contributed by atoms with van der Waals surface area (Å²) in [5, 5.41) is 6.15. The zero-order valence-electron chi connectivity index (χ0n) is 10.6. The highest BCUT2D eigenvalue weighted by atomic mass is 32.2. The van der Waals surface area contributed by atoms with Crippen molar-refractivity contribution in [2.75, 3.05) is 17.3 Å². The molecule has 0 saturated carbocycles. The lowest BCUT2D eigenvalue weighted by atomic mass is 10.2. The highest BCUT2D eigenvalue weighted by Crippen LogP contribution is 2.06. The molecule has 3 nitrogen and oxygen atoms in total. The zero-order chi connectivity index (χ0) is 12.7. The third kappa shape index (κ3) is 5.24. The van der Waals surface area contributed by atoms with Gasteiger partial charge < -0.3 is 10.6 Å². The molecule has 2 unspecified atom stereocenters. The Morgan fingerprint density at radius 3 is 2.53 bits per heavy atom. The Morgan fingerprint density at radius 1 is 1.29 bits per heavy atom. The number of thioether (sulfide) groups is 1. The van der Waals surface area contributed by atoms with E-state index in [9.17, 15) is 4.79 Å². The first-order chi connectivity index (χ1) is 8.13. The highest BCUT2D eigenvalue weighted by molar-refractivity contribution is 7.98. The molecule has 0 spiro atoms. The van der Waals surface area contributed by atoms with Crippen molar-refractivity contribution in [2.45, 2.75) is 25.9 Å². The third-order valence-electron chi connectivity index (χ3n) is 2.39. The van der Waals surface area contributed by atoms with Crippen LogP contribution in [0, 0.1) is 0 Å². The van der Waals surface area contributed by atoms with E-state index in [1.807, 2.05) is 37.3 Å². The van der Waals surface area contributed by atoms with Gasteiger partial charge in [0.25, 0.3) is 0 Å². The molecule has 0 aliphatic carbocycles. The van der Waals surface area contributed by atoms with Crippen molar-refractivity contribution in [1.29, 1.82) is 0 Å². The number of hydrogen-bond donors (Lipinski definition) is 2. The standard InChI is InChI=1S/C13H20N2OS/c1-10(9-17-3)14-11(2)13(16)15-12-7-5-4-6-8-12/h4-8,10-11,14H,9H2,1-3H3,(H,15,16). The molecule has 1 aromatic carbocycles. The molecule has 0 aliphatic rings. The summed E-state index contributed by atoms with van der Waals surface area (Å²) < 4.78 is 0. The van der Waals surface area contributed by atoms with E-state index in [0.717, 1.165) is 11.4 Å². The smallest absolute Gasteiger partial charge is 0.241 e. The van der Waals surface area contributed by atoms with Gasteiger partial charge in [0.2, 0.25) is 5.91 Å². The molecule has 2 atom stereocenters. The summed E-state index contributed by atoms with van der Waals surface area (Å²) in [5.74, 6) is 1.01. The first-order valence-corrected chi connectivity index (χ1v) is 7.13. The summed E-state index contributed by atoms with van der Waals surface area (Å²) in [4.78, 5) is 11.9. The topological polar surface area (TPSA) is 41.1 Å². The lowest BCUT2D eigenvalue weighted by molar-refractivity contribution is -0.117. The van der Waals surface area contributed by atoms with Crippen LogP contribution in [0.25, 0.3) is 0 Å². The van der Waals surface area contributed by atoms with Crippen molar-refractivity contribution in [3.05, 3.63) is 30.3 Å². The van der Waals surface area contributed by atoms with E-state index >= 15 is 0 Å². The van der Waals surface area contributed by atoms with Gasteiger partial charge in [0.1, 0.15) is 0 Å². The van der Waals surface area contributed by atoms with Crippen molar-refractivity contribution in [3.63, 3.8) is 0 Å². The van der Waals surface area contributed by atoms with Crippen molar-refractivity contribution >= 4 is 23.4 Å². The van der Waals surface area contributed by atoms with Gasteiger partial charge in [0, 0.05) is 17.5 Å². The second kappa shape index (κ2) is 7.35. The fourth-order valence-electron chi connectivity index (χ4n) is 1.57. The second-order valence-corrected chi connectivity index (χ2v) is 5.01. The lowest BCUT2D eigenvalue weighted by Gasteiger charge is -2.18. The summed E-state index contributed by atoms with van der Waals surface area (Å²) in [5.41, 5.74) is 0.837. The van der Waals surface area contributed by atoms with Crippen LogP contribution in [-0.2, 0) is 4.79 Å². The average molecular weight is 252 g/mol. The summed E-state index contributed by atoms with van der Waals surface area (Å²) in [7, 11) is 0. The van der Waals surface area contributed by atoms with E-state index in [1.165, 1.54) is 0 Å². The highest BCUT2D eigenvalue weighted by Gasteiger charge is 2.14. The molecule has 94 valence electrons. The van der Waals surface area contributed by atoms with E-state index in [-0.39, 0.29) is 11.9 Å². The van der Waals surface area contributed by atoms with E-state index in [0.29, 0.717) is 6.04 Å². The number of nitrogens with one attached hydrogen (secondary N) is 2. The minimum Gasteiger partial charge on any atom is -0.325 e. The summed E-state index contributed by atoms with van der Waals surface area (Å²) >= 11 is 1.77. The van der Waals surface area contributed by atoms with Gasteiger partial charge in [0.15, 0.2) is 0 Å². The summed E-state index contributed by atoms with van der Waals surface area (Å²) in [6.45, 7) is 3.97. The van der Waals surface area contributed by atoms with Gasteiger partial charge in [-0.15, -0.1) is 0 Å². The molecule has 4 heteroatoms. The molecule has 0 bridgehead atoms. The van der Waals surface area contributed by atoms with Gasteiger partial charge in [0.05, 0.1) is 6.04 Å². The predicted molar refractivity (Wildman–Crippen MR) is 75.5 cm³/mol. The largest absolute Gasteiger partial charge is 0.325 e. The van der Waals surface area contributed by atoms with Crippen LogP contribution in [0.15, 0.2) is 30.3 Å². The maximum Gasteiger partial charge on any atom is 0.241 e. The zero-order valence-corrected chi connectivity index (χ0v) is 11.4.